The minimum atomic E-state index is -0.760. The number of pyridine rings is 1. The Morgan fingerprint density at radius 3 is 2.80 bits per heavy atom. The van der Waals surface area contributed by atoms with Gasteiger partial charge in [0.1, 0.15) is 0 Å². The Kier molecular flexibility index (Phi) is 3.42. The van der Waals surface area contributed by atoms with E-state index in [-0.39, 0.29) is 18.1 Å². The fourth-order valence-corrected chi connectivity index (χ4v) is 3.13. The van der Waals surface area contributed by atoms with Crippen LogP contribution < -0.4 is 14.4 Å². The van der Waals surface area contributed by atoms with Crippen LogP contribution in [0.5, 0.6) is 11.5 Å². The van der Waals surface area contributed by atoms with Gasteiger partial charge >= 0.3 is 0 Å². The number of aliphatic hydroxyl groups is 1. The van der Waals surface area contributed by atoms with Crippen LogP contribution in [0.4, 0.5) is 5.69 Å². The molecule has 2 aliphatic heterocycles. The van der Waals surface area contributed by atoms with Gasteiger partial charge in [0.15, 0.2) is 23.0 Å². The molecule has 1 amide bonds. The van der Waals surface area contributed by atoms with E-state index in [1.54, 1.807) is 36.5 Å². The van der Waals surface area contributed by atoms with Gasteiger partial charge in [-0.3, -0.25) is 19.5 Å². The van der Waals surface area contributed by atoms with Gasteiger partial charge in [-0.25, -0.2) is 0 Å². The Balaban J connectivity index is 1.87. The summed E-state index contributed by atoms with van der Waals surface area (Å²) in [5.41, 5.74) is 1.17. The quantitative estimate of drug-likeness (QED) is 0.924. The summed E-state index contributed by atoms with van der Waals surface area (Å²) in [7, 11) is 0. The standard InChI is InChI=1S/C18H14N2O5/c1-10(21)15-16(11-4-5-13-14(7-11)25-9-24-13)20(18(23)17(15)22)12-3-2-6-19-8-12/h2-8,16,22H,9H2,1H3. The van der Waals surface area contributed by atoms with E-state index in [2.05, 4.69) is 4.98 Å². The van der Waals surface area contributed by atoms with E-state index in [0.29, 0.717) is 22.7 Å². The minimum absolute atomic E-state index is 0.0488. The lowest BCUT2D eigenvalue weighted by Gasteiger charge is -2.26. The van der Waals surface area contributed by atoms with Crippen LogP contribution >= 0.6 is 0 Å². The van der Waals surface area contributed by atoms with Crippen LogP contribution in [0.15, 0.2) is 54.1 Å². The second kappa shape index (κ2) is 5.62. The van der Waals surface area contributed by atoms with Gasteiger partial charge in [0, 0.05) is 6.20 Å². The summed E-state index contributed by atoms with van der Waals surface area (Å²) in [6.07, 6.45) is 3.09. The molecule has 7 nitrogen and oxygen atoms in total. The van der Waals surface area contributed by atoms with Crippen molar-refractivity contribution < 1.29 is 24.2 Å². The van der Waals surface area contributed by atoms with Crippen molar-refractivity contribution in [1.82, 2.24) is 4.98 Å². The zero-order chi connectivity index (χ0) is 17.6. The third-order valence-electron chi connectivity index (χ3n) is 4.22. The molecule has 0 bridgehead atoms. The highest BCUT2D eigenvalue weighted by molar-refractivity contribution is 6.16. The first-order valence-corrected chi connectivity index (χ1v) is 7.65. The highest BCUT2D eigenvalue weighted by Crippen LogP contribution is 2.43. The van der Waals surface area contributed by atoms with Gasteiger partial charge in [-0.1, -0.05) is 6.07 Å². The molecule has 7 heteroatoms. The fraction of sp³-hybridized carbons (Fsp3) is 0.167. The second-order valence-electron chi connectivity index (χ2n) is 5.72. The van der Waals surface area contributed by atoms with Crippen molar-refractivity contribution in [2.45, 2.75) is 13.0 Å². The van der Waals surface area contributed by atoms with E-state index in [4.69, 9.17) is 9.47 Å². The molecule has 1 N–H and O–H groups in total. The molecule has 1 aromatic heterocycles. The lowest BCUT2D eigenvalue weighted by molar-refractivity contribution is -0.117. The number of anilines is 1. The number of aliphatic hydroxyl groups excluding tert-OH is 1. The van der Waals surface area contributed by atoms with E-state index in [0.717, 1.165) is 0 Å². The molecule has 1 unspecified atom stereocenters. The number of benzene rings is 1. The van der Waals surface area contributed by atoms with Crippen LogP contribution in [0.2, 0.25) is 0 Å². The van der Waals surface area contributed by atoms with Crippen LogP contribution in [0.1, 0.15) is 18.5 Å². The van der Waals surface area contributed by atoms with Crippen molar-refractivity contribution in [3.05, 3.63) is 59.6 Å². The zero-order valence-electron chi connectivity index (χ0n) is 13.3. The molecule has 0 spiro atoms. The lowest BCUT2D eigenvalue weighted by Crippen LogP contribution is -2.30. The summed E-state index contributed by atoms with van der Waals surface area (Å²) >= 11 is 0. The molecule has 0 aliphatic carbocycles. The molecule has 0 fully saturated rings. The van der Waals surface area contributed by atoms with E-state index in [1.807, 2.05) is 0 Å². The number of carbonyl (C=O) groups excluding carboxylic acids is 2. The predicted octanol–water partition coefficient (Wildman–Crippen LogP) is 2.30. The number of hydrogen-bond donors (Lipinski definition) is 1. The molecule has 0 radical (unpaired) electrons. The number of ether oxygens (including phenoxy) is 2. The Morgan fingerprint density at radius 1 is 1.28 bits per heavy atom. The number of fused-ring (bicyclic) bond motifs is 1. The summed E-state index contributed by atoms with van der Waals surface area (Å²) in [6, 6.07) is 7.80. The molecule has 4 rings (SSSR count). The van der Waals surface area contributed by atoms with Crippen LogP contribution in [0, 0.1) is 0 Å². The van der Waals surface area contributed by atoms with Gasteiger partial charge in [-0.05, 0) is 36.8 Å². The fourth-order valence-electron chi connectivity index (χ4n) is 3.13. The van der Waals surface area contributed by atoms with Gasteiger partial charge in [0.2, 0.25) is 6.79 Å². The summed E-state index contributed by atoms with van der Waals surface area (Å²) in [6.45, 7) is 1.45. The summed E-state index contributed by atoms with van der Waals surface area (Å²) in [5, 5.41) is 10.3. The maximum Gasteiger partial charge on any atom is 0.294 e. The van der Waals surface area contributed by atoms with Gasteiger partial charge in [0.25, 0.3) is 5.91 Å². The number of nitrogens with zero attached hydrogens (tertiary/aromatic N) is 2. The number of rotatable bonds is 3. The van der Waals surface area contributed by atoms with Crippen LogP contribution in [0.25, 0.3) is 0 Å². The maximum atomic E-state index is 12.6. The molecule has 1 aromatic carbocycles. The first-order valence-electron chi connectivity index (χ1n) is 7.65. The first kappa shape index (κ1) is 15.2. The summed E-state index contributed by atoms with van der Waals surface area (Å²) in [4.78, 5) is 30.1. The topological polar surface area (TPSA) is 89.0 Å². The second-order valence-corrected chi connectivity index (χ2v) is 5.72. The van der Waals surface area contributed by atoms with Crippen molar-refractivity contribution >= 4 is 17.4 Å². The average Bonchev–Trinajstić information content (AvgIpc) is 3.18. The molecular weight excluding hydrogens is 324 g/mol. The number of amides is 1. The van der Waals surface area contributed by atoms with Crippen molar-refractivity contribution in [1.29, 1.82) is 0 Å². The molecule has 3 heterocycles. The number of hydrogen-bond acceptors (Lipinski definition) is 6. The smallest absolute Gasteiger partial charge is 0.294 e. The third-order valence-corrected chi connectivity index (χ3v) is 4.22. The Hall–Kier alpha value is -3.35. The predicted molar refractivity (Wildman–Crippen MR) is 87.4 cm³/mol. The number of ketones is 1. The van der Waals surface area contributed by atoms with Crippen LogP contribution in [-0.4, -0.2) is 28.6 Å². The maximum absolute atomic E-state index is 12.6. The molecule has 1 atom stereocenters. The third kappa shape index (κ3) is 2.32. The van der Waals surface area contributed by atoms with E-state index >= 15 is 0 Å². The van der Waals surface area contributed by atoms with Gasteiger partial charge in [-0.2, -0.15) is 0 Å². The average molecular weight is 338 g/mol. The van der Waals surface area contributed by atoms with Gasteiger partial charge in [0.05, 0.1) is 23.5 Å². The summed E-state index contributed by atoms with van der Waals surface area (Å²) < 4.78 is 10.7. The number of aromatic nitrogens is 1. The van der Waals surface area contributed by atoms with Crippen molar-refractivity contribution in [3.63, 3.8) is 0 Å². The van der Waals surface area contributed by atoms with Crippen LogP contribution in [-0.2, 0) is 9.59 Å². The highest BCUT2D eigenvalue weighted by atomic mass is 16.7. The van der Waals surface area contributed by atoms with Crippen LogP contribution in [0.3, 0.4) is 0 Å². The summed E-state index contributed by atoms with van der Waals surface area (Å²) in [5.74, 6) is -0.427. The van der Waals surface area contributed by atoms with E-state index < -0.39 is 17.7 Å². The Bertz CT molecular complexity index is 907. The molecule has 126 valence electrons. The van der Waals surface area contributed by atoms with Crippen molar-refractivity contribution in [2.24, 2.45) is 0 Å². The molecule has 2 aromatic rings. The minimum Gasteiger partial charge on any atom is -0.503 e. The Morgan fingerprint density at radius 2 is 2.08 bits per heavy atom. The monoisotopic (exact) mass is 338 g/mol. The number of carbonyl (C=O) groups is 2. The van der Waals surface area contributed by atoms with Gasteiger partial charge < -0.3 is 14.6 Å². The van der Waals surface area contributed by atoms with Crippen molar-refractivity contribution in [2.75, 3.05) is 11.7 Å². The molecule has 25 heavy (non-hydrogen) atoms. The lowest BCUT2D eigenvalue weighted by atomic mass is 9.96. The SMILES string of the molecule is CC(=O)C1=C(O)C(=O)N(c2cccnc2)C1c1ccc2c(c1)OCO2. The number of Topliss-reactive ketones (excluding diaryl/α,β-unsaturated/α-hetero) is 1. The van der Waals surface area contributed by atoms with E-state index in [1.165, 1.54) is 18.0 Å². The molecule has 0 saturated heterocycles. The van der Waals surface area contributed by atoms with Gasteiger partial charge in [-0.15, -0.1) is 0 Å². The normalized spacial score (nSPS) is 18.8. The molecule has 0 saturated carbocycles. The van der Waals surface area contributed by atoms with Crippen molar-refractivity contribution in [3.8, 4) is 11.5 Å². The highest BCUT2D eigenvalue weighted by Gasteiger charge is 2.43. The largest absolute Gasteiger partial charge is 0.503 e. The Labute approximate surface area is 143 Å². The molecular formula is C18H14N2O5. The first-order chi connectivity index (χ1) is 12.1. The van der Waals surface area contributed by atoms with E-state index in [9.17, 15) is 14.7 Å². The molecule has 2 aliphatic rings. The zero-order valence-corrected chi connectivity index (χ0v) is 13.3.